The van der Waals surface area contributed by atoms with Crippen LogP contribution < -0.4 is 5.32 Å². The summed E-state index contributed by atoms with van der Waals surface area (Å²) < 4.78 is 26.5. The second-order valence-electron chi connectivity index (χ2n) is 3.55. The zero-order valence-corrected chi connectivity index (χ0v) is 10.8. The molecule has 0 fully saturated rings. The summed E-state index contributed by atoms with van der Waals surface area (Å²) in [5.74, 6) is -2.42. The van der Waals surface area contributed by atoms with Crippen molar-refractivity contribution in [1.29, 1.82) is 0 Å². The van der Waals surface area contributed by atoms with Crippen LogP contribution in [0.25, 0.3) is 0 Å². The van der Waals surface area contributed by atoms with E-state index >= 15 is 0 Å². The summed E-state index contributed by atoms with van der Waals surface area (Å²) in [6, 6.07) is 5.04. The third-order valence-electron chi connectivity index (χ3n) is 2.25. The fourth-order valence-electron chi connectivity index (χ4n) is 1.38. The highest BCUT2D eigenvalue weighted by molar-refractivity contribution is 6.35. The molecule has 3 nitrogen and oxygen atoms in total. The average molecular weight is 303 g/mol. The number of hydrogen-bond acceptors (Lipinski definition) is 2. The smallest absolute Gasteiger partial charge is 0.260 e. The van der Waals surface area contributed by atoms with Crippen LogP contribution in [-0.2, 0) is 0 Å². The van der Waals surface area contributed by atoms with Crippen molar-refractivity contribution in [3.05, 3.63) is 57.8 Å². The zero-order valence-electron chi connectivity index (χ0n) is 9.25. The minimum absolute atomic E-state index is 0.157. The van der Waals surface area contributed by atoms with E-state index in [-0.39, 0.29) is 21.3 Å². The van der Waals surface area contributed by atoms with Gasteiger partial charge in [0.15, 0.2) is 5.82 Å². The molecule has 19 heavy (non-hydrogen) atoms. The summed E-state index contributed by atoms with van der Waals surface area (Å²) in [7, 11) is 0. The lowest BCUT2D eigenvalue weighted by atomic mass is 10.2. The molecule has 0 atom stereocenters. The van der Waals surface area contributed by atoms with Gasteiger partial charge in [-0.05, 0) is 24.3 Å². The number of hydrogen-bond donors (Lipinski definition) is 1. The number of carbonyl (C=O) groups is 1. The molecule has 1 amide bonds. The number of nitrogens with one attached hydrogen (secondary N) is 1. The van der Waals surface area contributed by atoms with Gasteiger partial charge in [0.05, 0.1) is 15.6 Å². The van der Waals surface area contributed by atoms with Crippen LogP contribution in [0.4, 0.5) is 14.5 Å². The van der Waals surface area contributed by atoms with Gasteiger partial charge >= 0.3 is 0 Å². The first-order valence-corrected chi connectivity index (χ1v) is 5.81. The van der Waals surface area contributed by atoms with Gasteiger partial charge in [-0.1, -0.05) is 23.2 Å². The van der Waals surface area contributed by atoms with Crippen molar-refractivity contribution >= 4 is 34.8 Å². The monoisotopic (exact) mass is 302 g/mol. The van der Waals surface area contributed by atoms with Crippen molar-refractivity contribution in [3.63, 3.8) is 0 Å². The van der Waals surface area contributed by atoms with Gasteiger partial charge in [-0.25, -0.2) is 9.37 Å². The van der Waals surface area contributed by atoms with Gasteiger partial charge in [0, 0.05) is 11.9 Å². The van der Waals surface area contributed by atoms with Gasteiger partial charge in [-0.3, -0.25) is 4.79 Å². The number of benzene rings is 1. The summed E-state index contributed by atoms with van der Waals surface area (Å²) in [6.07, 6.45) is 1.22. The molecule has 7 heteroatoms. The van der Waals surface area contributed by atoms with Crippen LogP contribution in [0.15, 0.2) is 30.5 Å². The summed E-state index contributed by atoms with van der Waals surface area (Å²) in [5, 5.41) is 1.87. The first kappa shape index (κ1) is 13.7. The Balaban J connectivity index is 2.27. The van der Waals surface area contributed by atoms with E-state index in [1.807, 2.05) is 0 Å². The van der Waals surface area contributed by atoms with Crippen LogP contribution in [0.3, 0.4) is 0 Å². The molecule has 1 aromatic carbocycles. The molecule has 0 bridgehead atoms. The maximum absolute atomic E-state index is 13.3. The number of anilines is 1. The van der Waals surface area contributed by atoms with Crippen molar-refractivity contribution in [2.75, 3.05) is 5.32 Å². The van der Waals surface area contributed by atoms with E-state index in [1.165, 1.54) is 30.5 Å². The summed E-state index contributed by atoms with van der Waals surface area (Å²) in [6.45, 7) is 0. The highest BCUT2D eigenvalue weighted by atomic mass is 35.5. The lowest BCUT2D eigenvalue weighted by Crippen LogP contribution is -2.14. The lowest BCUT2D eigenvalue weighted by Gasteiger charge is -2.07. The standard InChI is InChI=1S/C12H6Cl2F2N2O/c13-8-4-6(5-9(14)10(8)15)18-12(19)7-2-1-3-17-11(7)16/h1-5H,(H,18,19). The Morgan fingerprint density at radius 1 is 1.21 bits per heavy atom. The Morgan fingerprint density at radius 3 is 2.42 bits per heavy atom. The van der Waals surface area contributed by atoms with Crippen molar-refractivity contribution in [2.45, 2.75) is 0 Å². The third-order valence-corrected chi connectivity index (χ3v) is 2.80. The second-order valence-corrected chi connectivity index (χ2v) is 4.36. The van der Waals surface area contributed by atoms with Crippen molar-refractivity contribution in [3.8, 4) is 0 Å². The lowest BCUT2D eigenvalue weighted by molar-refractivity contribution is 0.102. The van der Waals surface area contributed by atoms with Crippen molar-refractivity contribution in [2.24, 2.45) is 0 Å². The molecular formula is C12H6Cl2F2N2O. The molecule has 1 N–H and O–H groups in total. The van der Waals surface area contributed by atoms with E-state index in [9.17, 15) is 13.6 Å². The number of aromatic nitrogens is 1. The molecule has 0 aliphatic heterocycles. The first-order chi connectivity index (χ1) is 8.99. The number of amides is 1. The van der Waals surface area contributed by atoms with Gasteiger partial charge in [0.2, 0.25) is 5.95 Å². The molecule has 1 heterocycles. The molecule has 0 saturated carbocycles. The van der Waals surface area contributed by atoms with E-state index in [0.29, 0.717) is 0 Å². The number of nitrogens with zero attached hydrogens (tertiary/aromatic N) is 1. The Labute approximate surface area is 117 Å². The molecular weight excluding hydrogens is 297 g/mol. The van der Waals surface area contributed by atoms with Crippen LogP contribution in [0, 0.1) is 11.8 Å². The molecule has 2 rings (SSSR count). The largest absolute Gasteiger partial charge is 0.322 e. The minimum Gasteiger partial charge on any atom is -0.322 e. The van der Waals surface area contributed by atoms with E-state index in [1.54, 1.807) is 0 Å². The van der Waals surface area contributed by atoms with Crippen LogP contribution in [0.1, 0.15) is 10.4 Å². The van der Waals surface area contributed by atoms with E-state index in [0.717, 1.165) is 0 Å². The normalized spacial score (nSPS) is 10.3. The Hall–Kier alpha value is -1.72. The Bertz CT molecular complexity index is 626. The van der Waals surface area contributed by atoms with E-state index in [2.05, 4.69) is 10.3 Å². The average Bonchev–Trinajstić information content (AvgIpc) is 2.36. The molecule has 0 aliphatic carbocycles. The van der Waals surface area contributed by atoms with Crippen LogP contribution in [0.2, 0.25) is 10.0 Å². The molecule has 1 aromatic heterocycles. The molecule has 0 aliphatic rings. The third kappa shape index (κ3) is 3.00. The predicted octanol–water partition coefficient (Wildman–Crippen LogP) is 3.92. The maximum atomic E-state index is 13.3. The number of rotatable bonds is 2. The Kier molecular flexibility index (Phi) is 3.97. The van der Waals surface area contributed by atoms with Crippen LogP contribution in [-0.4, -0.2) is 10.9 Å². The Morgan fingerprint density at radius 2 is 1.84 bits per heavy atom. The van der Waals surface area contributed by atoms with Crippen LogP contribution in [0.5, 0.6) is 0 Å². The number of pyridine rings is 1. The van der Waals surface area contributed by atoms with E-state index in [4.69, 9.17) is 23.2 Å². The number of carbonyl (C=O) groups excluding carboxylic acids is 1. The van der Waals surface area contributed by atoms with E-state index < -0.39 is 17.7 Å². The first-order valence-electron chi connectivity index (χ1n) is 5.05. The topological polar surface area (TPSA) is 42.0 Å². The van der Waals surface area contributed by atoms with Gasteiger partial charge < -0.3 is 5.32 Å². The molecule has 0 unspecified atom stereocenters. The van der Waals surface area contributed by atoms with Crippen LogP contribution >= 0.6 is 23.2 Å². The maximum Gasteiger partial charge on any atom is 0.260 e. The zero-order chi connectivity index (χ0) is 14.0. The predicted molar refractivity (Wildman–Crippen MR) is 68.6 cm³/mol. The highest BCUT2D eigenvalue weighted by Gasteiger charge is 2.14. The van der Waals surface area contributed by atoms with Gasteiger partial charge in [0.25, 0.3) is 5.91 Å². The fourth-order valence-corrected chi connectivity index (χ4v) is 1.87. The summed E-state index contributed by atoms with van der Waals surface area (Å²) >= 11 is 11.2. The SMILES string of the molecule is O=C(Nc1cc(Cl)c(F)c(Cl)c1)c1cccnc1F. The molecule has 0 spiro atoms. The van der Waals surface area contributed by atoms with Crippen molar-refractivity contribution in [1.82, 2.24) is 4.98 Å². The molecule has 2 aromatic rings. The molecule has 0 radical (unpaired) electrons. The second kappa shape index (κ2) is 5.50. The highest BCUT2D eigenvalue weighted by Crippen LogP contribution is 2.27. The minimum atomic E-state index is -0.903. The van der Waals surface area contributed by atoms with Crippen molar-refractivity contribution < 1.29 is 13.6 Å². The van der Waals surface area contributed by atoms with Gasteiger partial charge in [-0.15, -0.1) is 0 Å². The fraction of sp³-hybridized carbons (Fsp3) is 0. The quantitative estimate of drug-likeness (QED) is 0.675. The van der Waals surface area contributed by atoms with Gasteiger partial charge in [-0.2, -0.15) is 4.39 Å². The summed E-state index contributed by atoms with van der Waals surface area (Å²) in [4.78, 5) is 15.1. The summed E-state index contributed by atoms with van der Waals surface area (Å²) in [5.41, 5.74) is -0.0799. The molecule has 98 valence electrons. The molecule has 0 saturated heterocycles. The van der Waals surface area contributed by atoms with Gasteiger partial charge in [0.1, 0.15) is 0 Å². The number of halogens is 4.